The van der Waals surface area contributed by atoms with Crippen LogP contribution < -0.4 is 5.73 Å². The van der Waals surface area contributed by atoms with Gasteiger partial charge in [-0.05, 0) is 6.42 Å². The van der Waals surface area contributed by atoms with Crippen LogP contribution >= 0.6 is 0 Å². The average Bonchev–Trinajstić information content (AvgIpc) is 2.40. The summed E-state index contributed by atoms with van der Waals surface area (Å²) in [6.45, 7) is 0. The minimum Gasteiger partial charge on any atom is -0.313 e. The summed E-state index contributed by atoms with van der Waals surface area (Å²) < 4.78 is 21.4. The summed E-state index contributed by atoms with van der Waals surface area (Å²) in [6.07, 6.45) is 1.67. The maximum atomic E-state index is 10.7. The van der Waals surface area contributed by atoms with Crippen LogP contribution in [0, 0.1) is 17.2 Å². The minimum absolute atomic E-state index is 0.0387. The van der Waals surface area contributed by atoms with Gasteiger partial charge in [0.2, 0.25) is 0 Å². The predicted molar refractivity (Wildman–Crippen MR) is 40.3 cm³/mol. The van der Waals surface area contributed by atoms with E-state index >= 15 is 0 Å². The lowest BCUT2D eigenvalue weighted by molar-refractivity contribution is 0.595. The number of hydrogen-bond acceptors (Lipinski definition) is 4. The van der Waals surface area contributed by atoms with Crippen LogP contribution in [-0.4, -0.2) is 26.0 Å². The van der Waals surface area contributed by atoms with E-state index in [0.717, 1.165) is 6.26 Å². The quantitative estimate of drug-likeness (QED) is 0.598. The van der Waals surface area contributed by atoms with E-state index < -0.39 is 15.4 Å². The highest BCUT2D eigenvalue weighted by Crippen LogP contribution is 2.40. The number of hydrogen-bond donors (Lipinski definition) is 1. The molecule has 1 aliphatic carbocycles. The third kappa shape index (κ3) is 1.91. The molecule has 0 spiro atoms. The molecule has 1 rings (SSSR count). The van der Waals surface area contributed by atoms with E-state index in [9.17, 15) is 8.42 Å². The molecule has 62 valence electrons. The topological polar surface area (TPSA) is 83.9 Å². The second-order valence-electron chi connectivity index (χ2n) is 3.15. The molecule has 1 aliphatic rings. The van der Waals surface area contributed by atoms with E-state index in [1.165, 1.54) is 0 Å². The van der Waals surface area contributed by atoms with Gasteiger partial charge >= 0.3 is 0 Å². The van der Waals surface area contributed by atoms with Gasteiger partial charge in [0.1, 0.15) is 15.4 Å². The van der Waals surface area contributed by atoms with Crippen LogP contribution in [-0.2, 0) is 9.84 Å². The molecule has 0 amide bonds. The molecule has 0 radical (unpaired) electrons. The number of nitriles is 1. The van der Waals surface area contributed by atoms with Crippen molar-refractivity contribution in [2.45, 2.75) is 12.0 Å². The van der Waals surface area contributed by atoms with E-state index in [4.69, 9.17) is 11.0 Å². The molecule has 2 N–H and O–H groups in total. The van der Waals surface area contributed by atoms with E-state index in [1.807, 2.05) is 6.07 Å². The number of rotatable bonds is 2. The first-order chi connectivity index (χ1) is 4.87. The molecule has 0 aromatic carbocycles. The van der Waals surface area contributed by atoms with Gasteiger partial charge in [-0.15, -0.1) is 0 Å². The van der Waals surface area contributed by atoms with Crippen molar-refractivity contribution < 1.29 is 8.42 Å². The van der Waals surface area contributed by atoms with Gasteiger partial charge < -0.3 is 5.73 Å². The van der Waals surface area contributed by atoms with Gasteiger partial charge in [-0.25, -0.2) is 8.42 Å². The first kappa shape index (κ1) is 8.50. The second-order valence-corrected chi connectivity index (χ2v) is 5.33. The molecule has 5 heteroatoms. The summed E-state index contributed by atoms with van der Waals surface area (Å²) in [4.78, 5) is 0. The van der Waals surface area contributed by atoms with Crippen molar-refractivity contribution in [1.29, 1.82) is 5.26 Å². The van der Waals surface area contributed by atoms with E-state index in [0.29, 0.717) is 6.42 Å². The third-order valence-electron chi connectivity index (χ3n) is 1.86. The third-order valence-corrected chi connectivity index (χ3v) is 2.87. The first-order valence-corrected chi connectivity index (χ1v) is 5.31. The fourth-order valence-corrected chi connectivity index (χ4v) is 2.20. The van der Waals surface area contributed by atoms with Crippen LogP contribution in [0.1, 0.15) is 6.42 Å². The van der Waals surface area contributed by atoms with E-state index in [1.54, 1.807) is 0 Å². The summed E-state index contributed by atoms with van der Waals surface area (Å²) in [5.74, 6) is -0.112. The van der Waals surface area contributed by atoms with Crippen molar-refractivity contribution in [3.8, 4) is 6.07 Å². The summed E-state index contributed by atoms with van der Waals surface area (Å²) in [7, 11) is -2.97. The van der Waals surface area contributed by atoms with Gasteiger partial charge in [0.15, 0.2) is 0 Å². The van der Waals surface area contributed by atoms with Gasteiger partial charge in [-0.3, -0.25) is 0 Å². The molecule has 0 aromatic heterocycles. The number of nitrogens with two attached hydrogens (primary N) is 1. The zero-order valence-corrected chi connectivity index (χ0v) is 7.06. The molecule has 0 saturated heterocycles. The molecule has 0 aliphatic heterocycles. The van der Waals surface area contributed by atoms with Crippen molar-refractivity contribution in [3.63, 3.8) is 0 Å². The zero-order valence-electron chi connectivity index (χ0n) is 6.24. The summed E-state index contributed by atoms with van der Waals surface area (Å²) in [5, 5.41) is 8.46. The van der Waals surface area contributed by atoms with Crippen LogP contribution in [0.4, 0.5) is 0 Å². The molecule has 4 nitrogen and oxygen atoms in total. The molecule has 0 aromatic rings. The molecule has 2 atom stereocenters. The Kier molecular flexibility index (Phi) is 1.69. The highest BCUT2D eigenvalue weighted by atomic mass is 32.2. The van der Waals surface area contributed by atoms with Gasteiger partial charge in [0, 0.05) is 12.2 Å². The Labute approximate surface area is 65.9 Å². The van der Waals surface area contributed by atoms with Crippen molar-refractivity contribution in [2.75, 3.05) is 12.0 Å². The fourth-order valence-electron chi connectivity index (χ4n) is 1.06. The molecule has 1 fully saturated rings. The van der Waals surface area contributed by atoms with Gasteiger partial charge in [-0.2, -0.15) is 5.26 Å². The SMILES string of the molecule is CS(=O)(=O)C[C@@H]1C[C@@]1(N)C#N. The monoisotopic (exact) mass is 174 g/mol. The lowest BCUT2D eigenvalue weighted by Crippen LogP contribution is -2.25. The fraction of sp³-hybridized carbons (Fsp3) is 0.833. The van der Waals surface area contributed by atoms with E-state index in [2.05, 4.69) is 0 Å². The van der Waals surface area contributed by atoms with Gasteiger partial charge in [0.25, 0.3) is 0 Å². The number of nitrogens with zero attached hydrogens (tertiary/aromatic N) is 1. The maximum absolute atomic E-state index is 10.7. The van der Waals surface area contributed by atoms with Crippen molar-refractivity contribution >= 4 is 9.84 Å². The van der Waals surface area contributed by atoms with Crippen LogP contribution in [0.15, 0.2) is 0 Å². The number of sulfone groups is 1. The summed E-state index contributed by atoms with van der Waals surface area (Å²) in [6, 6.07) is 1.90. The maximum Gasteiger partial charge on any atom is 0.147 e. The Morgan fingerprint density at radius 2 is 2.36 bits per heavy atom. The summed E-state index contributed by atoms with van der Waals surface area (Å²) in [5.41, 5.74) is 4.61. The highest BCUT2D eigenvalue weighted by Gasteiger charge is 2.52. The van der Waals surface area contributed by atoms with Crippen molar-refractivity contribution in [1.82, 2.24) is 0 Å². The Morgan fingerprint density at radius 1 is 1.82 bits per heavy atom. The first-order valence-electron chi connectivity index (χ1n) is 3.25. The van der Waals surface area contributed by atoms with Crippen LogP contribution in [0.2, 0.25) is 0 Å². The zero-order chi connectivity index (χ0) is 8.70. The second kappa shape index (κ2) is 2.19. The van der Waals surface area contributed by atoms with Crippen LogP contribution in [0.5, 0.6) is 0 Å². The molecule has 1 saturated carbocycles. The van der Waals surface area contributed by atoms with Gasteiger partial charge in [0.05, 0.1) is 11.8 Å². The average molecular weight is 174 g/mol. The molecular weight excluding hydrogens is 164 g/mol. The normalized spacial score (nSPS) is 36.3. The van der Waals surface area contributed by atoms with Crippen molar-refractivity contribution in [3.05, 3.63) is 0 Å². The van der Waals surface area contributed by atoms with Crippen molar-refractivity contribution in [2.24, 2.45) is 11.7 Å². The Morgan fingerprint density at radius 3 is 2.64 bits per heavy atom. The molecule has 11 heavy (non-hydrogen) atoms. The largest absolute Gasteiger partial charge is 0.313 e. The highest BCUT2D eigenvalue weighted by molar-refractivity contribution is 7.90. The smallest absolute Gasteiger partial charge is 0.147 e. The lowest BCUT2D eigenvalue weighted by Gasteiger charge is -1.97. The van der Waals surface area contributed by atoms with Gasteiger partial charge in [-0.1, -0.05) is 0 Å². The Hall–Kier alpha value is -0.600. The minimum atomic E-state index is -2.97. The Balaban J connectivity index is 2.55. The Bertz CT molecular complexity index is 303. The molecular formula is C6H10N2O2S. The lowest BCUT2D eigenvalue weighted by atomic mass is 10.3. The molecule has 0 unspecified atom stereocenters. The summed E-state index contributed by atoms with van der Waals surface area (Å²) >= 11 is 0. The van der Waals surface area contributed by atoms with E-state index in [-0.39, 0.29) is 11.7 Å². The van der Waals surface area contributed by atoms with Crippen LogP contribution in [0.3, 0.4) is 0 Å². The molecule has 0 heterocycles. The predicted octanol–water partition coefficient (Wildman–Crippen LogP) is -0.728. The standard InChI is InChI=1S/C6H10N2O2S/c1-11(9,10)3-5-2-6(5,8)4-7/h5H,2-3,8H2,1H3/t5-,6+/m0/s1. The molecule has 0 bridgehead atoms. The van der Waals surface area contributed by atoms with Crippen LogP contribution in [0.25, 0.3) is 0 Å².